The van der Waals surface area contributed by atoms with Crippen molar-refractivity contribution in [1.82, 2.24) is 10.2 Å². The van der Waals surface area contributed by atoms with Crippen molar-refractivity contribution < 1.29 is 5.11 Å². The molecule has 0 radical (unpaired) electrons. The van der Waals surface area contributed by atoms with Crippen LogP contribution in [-0.4, -0.2) is 48.8 Å². The summed E-state index contributed by atoms with van der Waals surface area (Å²) < 4.78 is 0. The summed E-state index contributed by atoms with van der Waals surface area (Å²) in [6.07, 6.45) is 7.51. The number of hydrogen-bond acceptors (Lipinski definition) is 3. The van der Waals surface area contributed by atoms with Crippen molar-refractivity contribution >= 4 is 0 Å². The van der Waals surface area contributed by atoms with E-state index in [1.165, 1.54) is 0 Å². The quantitative estimate of drug-likeness (QED) is 0.584. The summed E-state index contributed by atoms with van der Waals surface area (Å²) in [5, 5.41) is 11.9. The number of nitrogens with zero attached hydrogens (tertiary/aromatic N) is 1. The molecule has 0 unspecified atom stereocenters. The molecule has 1 aliphatic rings. The van der Waals surface area contributed by atoms with Gasteiger partial charge in [0.25, 0.3) is 0 Å². The molecule has 1 saturated heterocycles. The van der Waals surface area contributed by atoms with Crippen molar-refractivity contribution in [3.05, 3.63) is 0 Å². The SMILES string of the molecule is C#CCN1CCC(NCCO)CC1. The Morgan fingerprint density at radius 2 is 2.15 bits per heavy atom. The molecule has 0 aromatic heterocycles. The zero-order valence-electron chi connectivity index (χ0n) is 8.00. The van der Waals surface area contributed by atoms with Gasteiger partial charge in [-0.05, 0) is 12.8 Å². The average Bonchev–Trinajstić information content (AvgIpc) is 2.17. The van der Waals surface area contributed by atoms with Crippen LogP contribution in [0.2, 0.25) is 0 Å². The molecule has 74 valence electrons. The zero-order chi connectivity index (χ0) is 9.52. The third-order valence-electron chi connectivity index (χ3n) is 2.45. The van der Waals surface area contributed by atoms with E-state index in [2.05, 4.69) is 16.1 Å². The Labute approximate surface area is 80.1 Å². The lowest BCUT2D eigenvalue weighted by Gasteiger charge is -2.30. The number of rotatable bonds is 4. The summed E-state index contributed by atoms with van der Waals surface area (Å²) >= 11 is 0. The van der Waals surface area contributed by atoms with Crippen LogP contribution in [0.15, 0.2) is 0 Å². The normalized spacial score (nSPS) is 20.0. The Bertz CT molecular complexity index is 168. The molecule has 1 heterocycles. The maximum Gasteiger partial charge on any atom is 0.0598 e. The number of aliphatic hydroxyl groups excluding tert-OH is 1. The Kier molecular flexibility index (Phi) is 4.84. The summed E-state index contributed by atoms with van der Waals surface area (Å²) in [5.41, 5.74) is 0. The molecule has 1 rings (SSSR count). The minimum atomic E-state index is 0.227. The molecule has 0 atom stereocenters. The largest absolute Gasteiger partial charge is 0.395 e. The molecule has 2 N–H and O–H groups in total. The Morgan fingerprint density at radius 3 is 2.69 bits per heavy atom. The van der Waals surface area contributed by atoms with Crippen LogP contribution in [0.3, 0.4) is 0 Å². The first-order valence-electron chi connectivity index (χ1n) is 4.87. The van der Waals surface area contributed by atoms with Crippen LogP contribution in [0.25, 0.3) is 0 Å². The van der Waals surface area contributed by atoms with Crippen molar-refractivity contribution in [3.63, 3.8) is 0 Å². The fourth-order valence-electron chi connectivity index (χ4n) is 1.69. The number of piperidine rings is 1. The smallest absolute Gasteiger partial charge is 0.0598 e. The summed E-state index contributed by atoms with van der Waals surface area (Å²) in [6, 6.07) is 0.571. The fourth-order valence-corrected chi connectivity index (χ4v) is 1.69. The van der Waals surface area contributed by atoms with Gasteiger partial charge in [0, 0.05) is 25.7 Å². The van der Waals surface area contributed by atoms with Gasteiger partial charge >= 0.3 is 0 Å². The van der Waals surface area contributed by atoms with E-state index < -0.39 is 0 Å². The van der Waals surface area contributed by atoms with Crippen LogP contribution in [-0.2, 0) is 0 Å². The maximum absolute atomic E-state index is 8.63. The fraction of sp³-hybridized carbons (Fsp3) is 0.800. The minimum Gasteiger partial charge on any atom is -0.395 e. The monoisotopic (exact) mass is 182 g/mol. The van der Waals surface area contributed by atoms with Crippen LogP contribution < -0.4 is 5.32 Å². The number of nitrogens with one attached hydrogen (secondary N) is 1. The first-order chi connectivity index (χ1) is 6.36. The van der Waals surface area contributed by atoms with E-state index in [-0.39, 0.29) is 6.61 Å². The Morgan fingerprint density at radius 1 is 1.46 bits per heavy atom. The topological polar surface area (TPSA) is 35.5 Å². The van der Waals surface area contributed by atoms with E-state index in [1.54, 1.807) is 0 Å². The molecule has 0 spiro atoms. The lowest BCUT2D eigenvalue weighted by Crippen LogP contribution is -2.43. The number of terminal acetylenes is 1. The number of likely N-dealkylation sites (tertiary alicyclic amines) is 1. The van der Waals surface area contributed by atoms with Gasteiger partial charge in [0.2, 0.25) is 0 Å². The Hall–Kier alpha value is -0.560. The van der Waals surface area contributed by atoms with Gasteiger partial charge in [-0.1, -0.05) is 5.92 Å². The third kappa shape index (κ3) is 3.77. The van der Waals surface area contributed by atoms with Gasteiger partial charge in [0.1, 0.15) is 0 Å². The molecule has 3 nitrogen and oxygen atoms in total. The second kappa shape index (κ2) is 5.98. The summed E-state index contributed by atoms with van der Waals surface area (Å²) in [6.45, 7) is 3.86. The van der Waals surface area contributed by atoms with E-state index in [0.717, 1.165) is 32.5 Å². The molecule has 0 amide bonds. The molecule has 3 heteroatoms. The van der Waals surface area contributed by atoms with Gasteiger partial charge in [-0.3, -0.25) is 4.90 Å². The molecular weight excluding hydrogens is 164 g/mol. The van der Waals surface area contributed by atoms with Crippen LogP contribution in [0.4, 0.5) is 0 Å². The van der Waals surface area contributed by atoms with Crippen molar-refractivity contribution in [2.75, 3.05) is 32.8 Å². The van der Waals surface area contributed by atoms with Gasteiger partial charge in [-0.25, -0.2) is 0 Å². The molecule has 0 aromatic rings. The van der Waals surface area contributed by atoms with E-state index in [1.807, 2.05) is 0 Å². The standard InChI is InChI=1S/C10H18N2O/c1-2-6-12-7-3-10(4-8-12)11-5-9-13/h1,10-11,13H,3-9H2. The van der Waals surface area contributed by atoms with Crippen LogP contribution in [0, 0.1) is 12.3 Å². The first-order valence-corrected chi connectivity index (χ1v) is 4.87. The summed E-state index contributed by atoms with van der Waals surface area (Å²) in [5.74, 6) is 2.66. The Balaban J connectivity index is 2.12. The molecule has 0 aliphatic carbocycles. The third-order valence-corrected chi connectivity index (χ3v) is 2.45. The van der Waals surface area contributed by atoms with Gasteiger partial charge in [-0.15, -0.1) is 6.42 Å². The van der Waals surface area contributed by atoms with Crippen molar-refractivity contribution in [2.45, 2.75) is 18.9 Å². The van der Waals surface area contributed by atoms with Crippen LogP contribution in [0.1, 0.15) is 12.8 Å². The molecule has 1 fully saturated rings. The maximum atomic E-state index is 8.63. The second-order valence-electron chi connectivity index (χ2n) is 3.43. The summed E-state index contributed by atoms with van der Waals surface area (Å²) in [4.78, 5) is 2.29. The van der Waals surface area contributed by atoms with Gasteiger partial charge in [-0.2, -0.15) is 0 Å². The highest BCUT2D eigenvalue weighted by molar-refractivity contribution is 4.90. The molecule has 13 heavy (non-hydrogen) atoms. The molecule has 0 bridgehead atoms. The molecule has 0 saturated carbocycles. The van der Waals surface area contributed by atoms with Gasteiger partial charge < -0.3 is 10.4 Å². The lowest BCUT2D eigenvalue weighted by molar-refractivity contribution is 0.207. The highest BCUT2D eigenvalue weighted by Gasteiger charge is 2.17. The molecule has 0 aromatic carbocycles. The van der Waals surface area contributed by atoms with E-state index in [0.29, 0.717) is 12.6 Å². The van der Waals surface area contributed by atoms with Gasteiger partial charge in [0.05, 0.1) is 13.2 Å². The predicted octanol–water partition coefficient (Wildman–Crippen LogP) is -0.334. The van der Waals surface area contributed by atoms with Crippen LogP contribution >= 0.6 is 0 Å². The van der Waals surface area contributed by atoms with E-state index in [4.69, 9.17) is 11.5 Å². The van der Waals surface area contributed by atoms with Crippen molar-refractivity contribution in [3.8, 4) is 12.3 Å². The van der Waals surface area contributed by atoms with E-state index >= 15 is 0 Å². The lowest BCUT2D eigenvalue weighted by atomic mass is 10.1. The van der Waals surface area contributed by atoms with Crippen molar-refractivity contribution in [2.24, 2.45) is 0 Å². The number of hydrogen-bond donors (Lipinski definition) is 2. The highest BCUT2D eigenvalue weighted by Crippen LogP contribution is 2.08. The average molecular weight is 182 g/mol. The highest BCUT2D eigenvalue weighted by atomic mass is 16.3. The minimum absolute atomic E-state index is 0.227. The molecular formula is C10H18N2O. The van der Waals surface area contributed by atoms with Gasteiger partial charge in [0.15, 0.2) is 0 Å². The second-order valence-corrected chi connectivity index (χ2v) is 3.43. The van der Waals surface area contributed by atoms with Crippen LogP contribution in [0.5, 0.6) is 0 Å². The number of aliphatic hydroxyl groups is 1. The van der Waals surface area contributed by atoms with Crippen molar-refractivity contribution in [1.29, 1.82) is 0 Å². The summed E-state index contributed by atoms with van der Waals surface area (Å²) in [7, 11) is 0. The van der Waals surface area contributed by atoms with E-state index in [9.17, 15) is 0 Å². The first kappa shape index (κ1) is 10.5. The predicted molar refractivity (Wildman–Crippen MR) is 53.4 cm³/mol. The zero-order valence-corrected chi connectivity index (χ0v) is 8.00. The molecule has 1 aliphatic heterocycles.